The van der Waals surface area contributed by atoms with Gasteiger partial charge < -0.3 is 16.0 Å². The number of anilines is 1. The Kier molecular flexibility index (Phi) is 8.39. The fraction of sp³-hybridized carbons (Fsp3) is 0.294. The average Bonchev–Trinajstić information content (AvgIpc) is 2.54. The van der Waals surface area contributed by atoms with Crippen molar-refractivity contribution in [2.75, 3.05) is 25.5 Å². The number of aromatic nitrogens is 1. The second kappa shape index (κ2) is 10.0. The van der Waals surface area contributed by atoms with Crippen LogP contribution in [0.2, 0.25) is 0 Å². The van der Waals surface area contributed by atoms with Crippen molar-refractivity contribution >= 4 is 35.8 Å². The molecule has 5 nitrogen and oxygen atoms in total. The van der Waals surface area contributed by atoms with E-state index >= 15 is 0 Å². The number of benzene rings is 1. The molecular weight excluding hydrogens is 401 g/mol. The molecule has 0 spiro atoms. The minimum atomic E-state index is 0. The van der Waals surface area contributed by atoms with Crippen LogP contribution in [0.15, 0.2) is 53.5 Å². The molecule has 0 fully saturated rings. The van der Waals surface area contributed by atoms with E-state index in [4.69, 9.17) is 5.73 Å². The highest BCUT2D eigenvalue weighted by Crippen LogP contribution is 2.08. The first kappa shape index (κ1) is 19.2. The third-order valence-electron chi connectivity index (χ3n) is 3.22. The zero-order valence-corrected chi connectivity index (χ0v) is 15.9. The minimum Gasteiger partial charge on any atom is -0.370 e. The van der Waals surface area contributed by atoms with Gasteiger partial charge in [0.25, 0.3) is 0 Å². The number of rotatable bonds is 6. The molecule has 0 bridgehead atoms. The Morgan fingerprint density at radius 2 is 1.87 bits per heavy atom. The highest BCUT2D eigenvalue weighted by atomic mass is 127. The number of guanidine groups is 1. The summed E-state index contributed by atoms with van der Waals surface area (Å²) in [7, 11) is 3.93. The lowest BCUT2D eigenvalue weighted by molar-refractivity contribution is 0.844. The molecule has 0 aliphatic heterocycles. The summed E-state index contributed by atoms with van der Waals surface area (Å²) in [6.07, 6.45) is 0.922. The molecule has 6 heteroatoms. The largest absolute Gasteiger partial charge is 0.370 e. The van der Waals surface area contributed by atoms with Gasteiger partial charge in [0.05, 0.1) is 12.2 Å². The molecule has 1 heterocycles. The number of nitrogens with one attached hydrogen (secondary N) is 1. The summed E-state index contributed by atoms with van der Waals surface area (Å²) in [4.78, 5) is 10.8. The van der Waals surface area contributed by atoms with Crippen LogP contribution in [0.4, 0.5) is 5.82 Å². The van der Waals surface area contributed by atoms with Crippen molar-refractivity contribution in [3.63, 3.8) is 0 Å². The molecule has 0 aliphatic rings. The first-order valence-electron chi connectivity index (χ1n) is 7.36. The van der Waals surface area contributed by atoms with Gasteiger partial charge in [-0.15, -0.1) is 24.0 Å². The molecule has 124 valence electrons. The molecule has 2 aromatic rings. The molecule has 0 amide bonds. The Morgan fingerprint density at radius 3 is 2.57 bits per heavy atom. The SMILES string of the molecule is CN(C)c1cccc(CN=C(N)NCCc2ccccc2)n1.I. The van der Waals surface area contributed by atoms with Crippen molar-refractivity contribution in [1.29, 1.82) is 0 Å². The quantitative estimate of drug-likeness (QED) is 0.424. The Bertz CT molecular complexity index is 613. The van der Waals surface area contributed by atoms with Crippen LogP contribution in [0.25, 0.3) is 0 Å². The van der Waals surface area contributed by atoms with Gasteiger partial charge in [-0.1, -0.05) is 36.4 Å². The Hall–Kier alpha value is -1.83. The summed E-state index contributed by atoms with van der Waals surface area (Å²) >= 11 is 0. The van der Waals surface area contributed by atoms with E-state index < -0.39 is 0 Å². The third kappa shape index (κ3) is 6.85. The molecule has 1 aromatic carbocycles. The lowest BCUT2D eigenvalue weighted by Gasteiger charge is -2.11. The van der Waals surface area contributed by atoms with Gasteiger partial charge >= 0.3 is 0 Å². The molecule has 3 N–H and O–H groups in total. The summed E-state index contributed by atoms with van der Waals surface area (Å²) < 4.78 is 0. The maximum atomic E-state index is 5.88. The number of nitrogens with two attached hydrogens (primary N) is 1. The number of hydrogen-bond acceptors (Lipinski definition) is 3. The first-order chi connectivity index (χ1) is 10.6. The van der Waals surface area contributed by atoms with Crippen molar-refractivity contribution in [1.82, 2.24) is 10.3 Å². The van der Waals surface area contributed by atoms with E-state index in [2.05, 4.69) is 27.4 Å². The summed E-state index contributed by atoms with van der Waals surface area (Å²) in [6, 6.07) is 16.2. The van der Waals surface area contributed by atoms with E-state index in [0.29, 0.717) is 12.5 Å². The third-order valence-corrected chi connectivity index (χ3v) is 3.22. The molecule has 0 radical (unpaired) electrons. The van der Waals surface area contributed by atoms with E-state index in [0.717, 1.165) is 24.5 Å². The highest BCUT2D eigenvalue weighted by molar-refractivity contribution is 14.0. The summed E-state index contributed by atoms with van der Waals surface area (Å²) in [5.74, 6) is 1.37. The Morgan fingerprint density at radius 1 is 1.13 bits per heavy atom. The average molecular weight is 425 g/mol. The molecule has 23 heavy (non-hydrogen) atoms. The Labute approximate surface area is 155 Å². The first-order valence-corrected chi connectivity index (χ1v) is 7.36. The smallest absolute Gasteiger partial charge is 0.188 e. The van der Waals surface area contributed by atoms with E-state index in [1.54, 1.807) is 0 Å². The number of aliphatic imine (C=N–C) groups is 1. The standard InChI is InChI=1S/C17H23N5.HI/c1-22(2)16-10-6-9-15(21-16)13-20-17(18)19-12-11-14-7-4-3-5-8-14;/h3-10H,11-13H2,1-2H3,(H3,18,19,20);1H. The second-order valence-electron chi connectivity index (χ2n) is 5.25. The van der Waals surface area contributed by atoms with E-state index in [9.17, 15) is 0 Å². The van der Waals surface area contributed by atoms with Crippen LogP contribution in [0.1, 0.15) is 11.3 Å². The van der Waals surface area contributed by atoms with Crippen LogP contribution in [0, 0.1) is 0 Å². The predicted octanol–water partition coefficient (Wildman–Crippen LogP) is 2.41. The summed E-state index contributed by atoms with van der Waals surface area (Å²) in [6.45, 7) is 1.25. The normalized spacial score (nSPS) is 10.8. The van der Waals surface area contributed by atoms with E-state index in [1.165, 1.54) is 5.56 Å². The molecule has 1 aromatic heterocycles. The van der Waals surface area contributed by atoms with Gasteiger partial charge in [-0.05, 0) is 24.1 Å². The Balaban J connectivity index is 0.00000264. The molecule has 2 rings (SSSR count). The molecule has 0 saturated heterocycles. The summed E-state index contributed by atoms with van der Waals surface area (Å²) in [5, 5.41) is 3.13. The molecule has 0 unspecified atom stereocenters. The van der Waals surface area contributed by atoms with Gasteiger partial charge in [-0.3, -0.25) is 0 Å². The minimum absolute atomic E-state index is 0. The van der Waals surface area contributed by atoms with Crippen molar-refractivity contribution in [3.05, 3.63) is 59.8 Å². The van der Waals surface area contributed by atoms with Gasteiger partial charge in [0.15, 0.2) is 5.96 Å². The fourth-order valence-electron chi connectivity index (χ4n) is 2.01. The molecule has 0 aliphatic carbocycles. The van der Waals surface area contributed by atoms with Gasteiger partial charge in [-0.25, -0.2) is 9.98 Å². The molecule has 0 saturated carbocycles. The lowest BCUT2D eigenvalue weighted by atomic mass is 10.1. The maximum Gasteiger partial charge on any atom is 0.188 e. The zero-order valence-electron chi connectivity index (χ0n) is 13.6. The van der Waals surface area contributed by atoms with Crippen molar-refractivity contribution < 1.29 is 0 Å². The van der Waals surface area contributed by atoms with Crippen LogP contribution < -0.4 is 16.0 Å². The van der Waals surface area contributed by atoms with E-state index in [-0.39, 0.29) is 24.0 Å². The predicted molar refractivity (Wildman–Crippen MR) is 107 cm³/mol. The van der Waals surface area contributed by atoms with Crippen LogP contribution in [-0.2, 0) is 13.0 Å². The second-order valence-corrected chi connectivity index (χ2v) is 5.25. The highest BCUT2D eigenvalue weighted by Gasteiger charge is 1.99. The fourth-order valence-corrected chi connectivity index (χ4v) is 2.01. The van der Waals surface area contributed by atoms with Crippen LogP contribution in [0.5, 0.6) is 0 Å². The molecular formula is C17H24IN5. The lowest BCUT2D eigenvalue weighted by Crippen LogP contribution is -2.33. The van der Waals surface area contributed by atoms with Gasteiger partial charge in [-0.2, -0.15) is 0 Å². The van der Waals surface area contributed by atoms with Crippen molar-refractivity contribution in [2.24, 2.45) is 10.7 Å². The number of hydrogen-bond donors (Lipinski definition) is 2. The number of halogens is 1. The summed E-state index contributed by atoms with van der Waals surface area (Å²) in [5.41, 5.74) is 8.07. The van der Waals surface area contributed by atoms with Gasteiger partial charge in [0, 0.05) is 20.6 Å². The number of nitrogens with zero attached hydrogens (tertiary/aromatic N) is 3. The van der Waals surface area contributed by atoms with E-state index in [1.807, 2.05) is 55.4 Å². The van der Waals surface area contributed by atoms with Crippen LogP contribution >= 0.6 is 24.0 Å². The van der Waals surface area contributed by atoms with Crippen molar-refractivity contribution in [2.45, 2.75) is 13.0 Å². The van der Waals surface area contributed by atoms with Crippen LogP contribution in [-0.4, -0.2) is 31.6 Å². The van der Waals surface area contributed by atoms with Gasteiger partial charge in [0.2, 0.25) is 0 Å². The topological polar surface area (TPSA) is 66.5 Å². The number of pyridine rings is 1. The van der Waals surface area contributed by atoms with Crippen LogP contribution in [0.3, 0.4) is 0 Å². The molecule has 0 atom stereocenters. The van der Waals surface area contributed by atoms with Crippen molar-refractivity contribution in [3.8, 4) is 0 Å². The zero-order chi connectivity index (χ0) is 15.8. The monoisotopic (exact) mass is 425 g/mol. The maximum absolute atomic E-state index is 5.88. The van der Waals surface area contributed by atoms with Gasteiger partial charge in [0.1, 0.15) is 5.82 Å².